The summed E-state index contributed by atoms with van der Waals surface area (Å²) in [5.74, 6) is -1.93. The Balaban J connectivity index is 5.68. The van der Waals surface area contributed by atoms with Crippen molar-refractivity contribution in [1.82, 2.24) is 16.0 Å². The molecule has 34 heavy (non-hydrogen) atoms. The van der Waals surface area contributed by atoms with E-state index in [1.807, 2.05) is 55.4 Å². The summed E-state index contributed by atoms with van der Waals surface area (Å²) in [4.78, 5) is 50.3. The zero-order chi connectivity index (χ0) is 26.6. The molecule has 0 saturated heterocycles. The van der Waals surface area contributed by atoms with Crippen LogP contribution >= 0.6 is 0 Å². The van der Waals surface area contributed by atoms with Crippen LogP contribution in [0.25, 0.3) is 0 Å². The highest BCUT2D eigenvalue weighted by Crippen LogP contribution is 2.13. The zero-order valence-electron chi connectivity index (χ0n) is 22.4. The summed E-state index contributed by atoms with van der Waals surface area (Å²) in [6, 6.07) is -3.32. The maximum atomic E-state index is 13.2. The van der Waals surface area contributed by atoms with E-state index in [9.17, 15) is 24.3 Å². The first-order valence-corrected chi connectivity index (χ1v) is 12.3. The molecule has 1 unspecified atom stereocenters. The van der Waals surface area contributed by atoms with E-state index < -0.39 is 47.9 Å². The molecule has 4 N–H and O–H groups in total. The van der Waals surface area contributed by atoms with Crippen LogP contribution in [0.4, 0.5) is 0 Å². The molecule has 0 aromatic carbocycles. The maximum absolute atomic E-state index is 13.2. The molecule has 0 aromatic heterocycles. The highest BCUT2D eigenvalue weighted by molar-refractivity contribution is 5.92. The van der Waals surface area contributed by atoms with Crippen LogP contribution in [0.1, 0.15) is 81.1 Å². The molecule has 0 aromatic rings. The molecule has 0 fully saturated rings. The highest BCUT2D eigenvalue weighted by atomic mass is 16.5. The van der Waals surface area contributed by atoms with Gasteiger partial charge in [0, 0.05) is 0 Å². The lowest BCUT2D eigenvalue weighted by atomic mass is 9.97. The number of methoxy groups -OCH3 is 1. The van der Waals surface area contributed by atoms with Gasteiger partial charge in [0.2, 0.25) is 11.8 Å². The smallest absolute Gasteiger partial charge is 0.328 e. The minimum absolute atomic E-state index is 0.0990. The number of carbonyl (C=O) groups excluding carboxylic acids is 3. The molecule has 0 aliphatic rings. The van der Waals surface area contributed by atoms with Gasteiger partial charge in [-0.15, -0.1) is 0 Å². The molecule has 9 heteroatoms. The van der Waals surface area contributed by atoms with Crippen molar-refractivity contribution in [1.29, 1.82) is 0 Å². The van der Waals surface area contributed by atoms with Crippen molar-refractivity contribution in [3.05, 3.63) is 0 Å². The highest BCUT2D eigenvalue weighted by Gasteiger charge is 2.32. The number of esters is 1. The predicted molar refractivity (Wildman–Crippen MR) is 132 cm³/mol. The van der Waals surface area contributed by atoms with Gasteiger partial charge >= 0.3 is 11.9 Å². The average Bonchev–Trinajstić information content (AvgIpc) is 2.69. The summed E-state index contributed by atoms with van der Waals surface area (Å²) in [6.07, 6.45) is 1.58. The van der Waals surface area contributed by atoms with Gasteiger partial charge in [-0.2, -0.15) is 0 Å². The third-order valence-corrected chi connectivity index (χ3v) is 5.28. The molecule has 0 aliphatic heterocycles. The monoisotopic (exact) mass is 485 g/mol. The third kappa shape index (κ3) is 12.9. The first kappa shape index (κ1) is 31.8. The average molecular weight is 486 g/mol. The van der Waals surface area contributed by atoms with Gasteiger partial charge in [-0.3, -0.25) is 19.7 Å². The Morgan fingerprint density at radius 1 is 0.618 bits per heavy atom. The zero-order valence-corrected chi connectivity index (χ0v) is 22.4. The fraction of sp³-hybridized carbons (Fsp3) is 0.840. The Morgan fingerprint density at radius 2 is 0.971 bits per heavy atom. The van der Waals surface area contributed by atoms with E-state index in [1.165, 1.54) is 7.11 Å². The van der Waals surface area contributed by atoms with Crippen LogP contribution in [-0.4, -0.2) is 60.1 Å². The summed E-state index contributed by atoms with van der Waals surface area (Å²) >= 11 is 0. The fourth-order valence-electron chi connectivity index (χ4n) is 3.75. The van der Waals surface area contributed by atoms with Crippen molar-refractivity contribution in [2.45, 2.75) is 105 Å². The molecule has 9 nitrogen and oxygen atoms in total. The quantitative estimate of drug-likeness (QED) is 0.247. The van der Waals surface area contributed by atoms with Crippen molar-refractivity contribution in [2.75, 3.05) is 7.11 Å². The van der Waals surface area contributed by atoms with Gasteiger partial charge in [0.15, 0.2) is 0 Å². The molecule has 0 saturated carbocycles. The van der Waals surface area contributed by atoms with E-state index in [2.05, 4.69) is 16.0 Å². The van der Waals surface area contributed by atoms with Gasteiger partial charge in [0.1, 0.15) is 18.1 Å². The standard InChI is InChI=1S/C25H47N3O6/c1-14(2)10-18(26-20(24(31)32)12-16(5)6)22(29)27-19(11-15(3)4)23(30)28-21(13-17(7)8)25(33)34-9/h14-21,26H,10-13H2,1-9H3,(H,27,29)(H,28,30)(H,31,32)/t18-,19-,20?,21-/m0/s1. The Morgan fingerprint density at radius 3 is 1.38 bits per heavy atom. The Kier molecular flexibility index (Phi) is 14.7. The minimum Gasteiger partial charge on any atom is -0.480 e. The van der Waals surface area contributed by atoms with Crippen molar-refractivity contribution in [3.63, 3.8) is 0 Å². The SMILES string of the molecule is COC(=O)[C@H](CC(C)C)NC(=O)[C@H](CC(C)C)NC(=O)[C@H](CC(C)C)NC(CC(C)C)C(=O)O. The van der Waals surface area contributed by atoms with E-state index in [4.69, 9.17) is 4.74 Å². The van der Waals surface area contributed by atoms with E-state index in [0.717, 1.165) is 0 Å². The van der Waals surface area contributed by atoms with Crippen LogP contribution in [0.2, 0.25) is 0 Å². The fourth-order valence-corrected chi connectivity index (χ4v) is 3.75. The lowest BCUT2D eigenvalue weighted by molar-refractivity contribution is -0.146. The van der Waals surface area contributed by atoms with Crippen LogP contribution in [0.3, 0.4) is 0 Å². The number of carboxylic acid groups (broad SMARTS) is 1. The molecular weight excluding hydrogens is 438 g/mol. The summed E-state index contributed by atoms with van der Waals surface area (Å²) < 4.78 is 4.83. The number of aliphatic carboxylic acids is 1. The molecule has 0 spiro atoms. The molecule has 0 bridgehead atoms. The lowest BCUT2D eigenvalue weighted by Gasteiger charge is -2.28. The van der Waals surface area contributed by atoms with Crippen LogP contribution < -0.4 is 16.0 Å². The molecule has 0 aliphatic carbocycles. The Labute approximate surface area is 205 Å². The molecule has 2 amide bonds. The second kappa shape index (κ2) is 15.7. The number of amides is 2. The number of ether oxygens (including phenoxy) is 1. The second-order valence-electron chi connectivity index (χ2n) is 10.8. The number of hydrogen-bond acceptors (Lipinski definition) is 6. The van der Waals surface area contributed by atoms with E-state index >= 15 is 0 Å². The van der Waals surface area contributed by atoms with Crippen LogP contribution in [0, 0.1) is 23.7 Å². The van der Waals surface area contributed by atoms with Crippen molar-refractivity contribution >= 4 is 23.8 Å². The minimum atomic E-state index is -1.01. The van der Waals surface area contributed by atoms with Gasteiger partial charge in [-0.05, 0) is 49.4 Å². The maximum Gasteiger partial charge on any atom is 0.328 e. The number of rotatable bonds is 16. The van der Waals surface area contributed by atoms with Gasteiger partial charge in [0.05, 0.1) is 13.2 Å². The summed E-state index contributed by atoms with van der Waals surface area (Å²) in [6.45, 7) is 15.5. The van der Waals surface area contributed by atoms with E-state index in [1.54, 1.807) is 0 Å². The van der Waals surface area contributed by atoms with Gasteiger partial charge in [-0.1, -0.05) is 55.4 Å². The first-order valence-electron chi connectivity index (χ1n) is 12.3. The topological polar surface area (TPSA) is 134 Å². The summed E-state index contributed by atoms with van der Waals surface area (Å²) in [5.41, 5.74) is 0. The summed E-state index contributed by atoms with van der Waals surface area (Å²) in [5, 5.41) is 18.2. The van der Waals surface area contributed by atoms with Gasteiger partial charge < -0.3 is 20.5 Å². The second-order valence-corrected chi connectivity index (χ2v) is 10.8. The van der Waals surface area contributed by atoms with Crippen molar-refractivity contribution < 1.29 is 29.0 Å². The lowest BCUT2D eigenvalue weighted by Crippen LogP contribution is -2.57. The first-order chi connectivity index (χ1) is 15.7. The molecular formula is C25H47N3O6. The van der Waals surface area contributed by atoms with Gasteiger partial charge in [0.25, 0.3) is 0 Å². The van der Waals surface area contributed by atoms with Crippen LogP contribution in [0.5, 0.6) is 0 Å². The molecule has 0 rings (SSSR count). The molecule has 198 valence electrons. The van der Waals surface area contributed by atoms with Gasteiger partial charge in [-0.25, -0.2) is 4.79 Å². The number of hydrogen-bond donors (Lipinski definition) is 4. The van der Waals surface area contributed by atoms with E-state index in [-0.39, 0.29) is 23.7 Å². The normalized spacial score (nSPS) is 15.2. The van der Waals surface area contributed by atoms with Crippen LogP contribution in [-0.2, 0) is 23.9 Å². The third-order valence-electron chi connectivity index (χ3n) is 5.28. The van der Waals surface area contributed by atoms with Crippen LogP contribution in [0.15, 0.2) is 0 Å². The summed E-state index contributed by atoms with van der Waals surface area (Å²) in [7, 11) is 1.27. The Bertz CT molecular complexity index is 663. The molecule has 0 heterocycles. The largest absolute Gasteiger partial charge is 0.480 e. The van der Waals surface area contributed by atoms with Crippen molar-refractivity contribution in [3.8, 4) is 0 Å². The Hall–Kier alpha value is -2.16. The van der Waals surface area contributed by atoms with E-state index in [0.29, 0.717) is 25.7 Å². The molecule has 4 atom stereocenters. The van der Waals surface area contributed by atoms with Crippen molar-refractivity contribution in [2.24, 2.45) is 23.7 Å². The number of nitrogens with one attached hydrogen (secondary N) is 3. The number of carboxylic acids is 1. The number of carbonyl (C=O) groups is 4. The predicted octanol–water partition coefficient (Wildman–Crippen LogP) is 2.72. The molecule has 0 radical (unpaired) electrons.